The van der Waals surface area contributed by atoms with E-state index in [4.69, 9.17) is 18.9 Å². The van der Waals surface area contributed by atoms with Crippen molar-refractivity contribution in [3.05, 3.63) is 48.0 Å². The number of fused-ring (bicyclic) bond motifs is 1. The lowest BCUT2D eigenvalue weighted by Gasteiger charge is -2.19. The average molecular weight is 371 g/mol. The highest BCUT2D eigenvalue weighted by atomic mass is 16.6. The number of anilines is 1. The summed E-state index contributed by atoms with van der Waals surface area (Å²) in [5, 5.41) is 2.65. The highest BCUT2D eigenvalue weighted by molar-refractivity contribution is 5.93. The van der Waals surface area contributed by atoms with E-state index in [1.165, 1.54) is 0 Å². The van der Waals surface area contributed by atoms with Crippen LogP contribution in [-0.4, -0.2) is 37.8 Å². The van der Waals surface area contributed by atoms with Gasteiger partial charge < -0.3 is 24.3 Å². The Bertz CT molecular complexity index is 835. The largest absolute Gasteiger partial charge is 0.486 e. The van der Waals surface area contributed by atoms with Crippen LogP contribution in [0.3, 0.4) is 0 Å². The Balaban J connectivity index is 1.47. The minimum absolute atomic E-state index is 0.408. The zero-order valence-corrected chi connectivity index (χ0v) is 15.2. The Morgan fingerprint density at radius 1 is 1.11 bits per heavy atom. The van der Waals surface area contributed by atoms with Gasteiger partial charge in [0.05, 0.1) is 0 Å². The van der Waals surface area contributed by atoms with Crippen molar-refractivity contribution in [2.75, 3.05) is 25.1 Å². The van der Waals surface area contributed by atoms with Crippen LogP contribution >= 0.6 is 0 Å². The van der Waals surface area contributed by atoms with Crippen molar-refractivity contribution < 1.29 is 28.5 Å². The number of rotatable bonds is 6. The van der Waals surface area contributed by atoms with Gasteiger partial charge in [-0.25, -0.2) is 4.79 Å². The number of benzene rings is 2. The van der Waals surface area contributed by atoms with Crippen LogP contribution in [0.1, 0.15) is 12.5 Å². The molecule has 27 heavy (non-hydrogen) atoms. The van der Waals surface area contributed by atoms with E-state index in [-0.39, 0.29) is 0 Å². The van der Waals surface area contributed by atoms with Crippen molar-refractivity contribution in [1.82, 2.24) is 0 Å². The normalized spacial score (nSPS) is 13.4. The summed E-state index contributed by atoms with van der Waals surface area (Å²) >= 11 is 0. The van der Waals surface area contributed by atoms with Crippen molar-refractivity contribution in [1.29, 1.82) is 0 Å². The number of amides is 1. The molecule has 0 spiro atoms. The first-order valence-electron chi connectivity index (χ1n) is 8.61. The molecule has 2 aromatic carbocycles. The Morgan fingerprint density at radius 3 is 2.67 bits per heavy atom. The molecule has 2 aromatic rings. The Hall–Kier alpha value is -3.22. The predicted octanol–water partition coefficient (Wildman–Crippen LogP) is 2.72. The second kappa shape index (κ2) is 8.44. The molecule has 0 fully saturated rings. The van der Waals surface area contributed by atoms with Gasteiger partial charge in [-0.05, 0) is 43.7 Å². The van der Waals surface area contributed by atoms with Crippen molar-refractivity contribution in [3.63, 3.8) is 0 Å². The molecule has 0 saturated heterocycles. The molecule has 1 heterocycles. The number of carbonyl (C=O) groups excluding carboxylic acids is 2. The molecule has 1 amide bonds. The highest BCUT2D eigenvalue weighted by Crippen LogP contribution is 2.32. The van der Waals surface area contributed by atoms with Gasteiger partial charge in [-0.1, -0.05) is 12.1 Å². The molecule has 142 valence electrons. The van der Waals surface area contributed by atoms with Gasteiger partial charge in [-0.3, -0.25) is 4.79 Å². The van der Waals surface area contributed by atoms with Gasteiger partial charge in [0.2, 0.25) is 0 Å². The maximum atomic E-state index is 12.0. The number of hydrogen-bond acceptors (Lipinski definition) is 6. The molecular weight excluding hydrogens is 350 g/mol. The number of ether oxygens (including phenoxy) is 4. The van der Waals surface area contributed by atoms with Crippen molar-refractivity contribution in [3.8, 4) is 17.2 Å². The first kappa shape index (κ1) is 18.6. The fourth-order valence-corrected chi connectivity index (χ4v) is 2.51. The van der Waals surface area contributed by atoms with Crippen molar-refractivity contribution >= 4 is 17.6 Å². The van der Waals surface area contributed by atoms with Crippen LogP contribution in [0.2, 0.25) is 0 Å². The number of carbonyl (C=O) groups is 2. The minimum Gasteiger partial charge on any atom is -0.486 e. The van der Waals surface area contributed by atoms with Crippen LogP contribution in [0.4, 0.5) is 5.69 Å². The summed E-state index contributed by atoms with van der Waals surface area (Å²) in [5.74, 6) is 0.695. The summed E-state index contributed by atoms with van der Waals surface area (Å²) in [6.45, 7) is 4.05. The smallest absolute Gasteiger partial charge is 0.347 e. The maximum absolute atomic E-state index is 12.0. The van der Waals surface area contributed by atoms with E-state index in [1.807, 2.05) is 25.1 Å². The summed E-state index contributed by atoms with van der Waals surface area (Å²) in [6, 6.07) is 12.4. The van der Waals surface area contributed by atoms with Gasteiger partial charge in [0.1, 0.15) is 19.0 Å². The third-order valence-electron chi connectivity index (χ3n) is 3.81. The molecule has 0 aromatic heterocycles. The SMILES string of the molecule is Cc1cccc(O[C@@H](C)C(=O)OCC(=O)Nc2ccc3c(c2)OCCO3)c1. The first-order valence-corrected chi connectivity index (χ1v) is 8.61. The predicted molar refractivity (Wildman–Crippen MR) is 98.3 cm³/mol. The van der Waals surface area contributed by atoms with Gasteiger partial charge >= 0.3 is 5.97 Å². The number of aryl methyl sites for hydroxylation is 1. The quantitative estimate of drug-likeness (QED) is 0.786. The molecule has 7 heteroatoms. The lowest BCUT2D eigenvalue weighted by Crippen LogP contribution is -2.29. The van der Waals surface area contributed by atoms with E-state index in [9.17, 15) is 9.59 Å². The van der Waals surface area contributed by atoms with Crippen LogP contribution in [0.5, 0.6) is 17.2 Å². The molecule has 0 saturated carbocycles. The Kier molecular flexibility index (Phi) is 5.80. The maximum Gasteiger partial charge on any atom is 0.347 e. The molecule has 1 N–H and O–H groups in total. The Labute approximate surface area is 157 Å². The summed E-state index contributed by atoms with van der Waals surface area (Å²) in [7, 11) is 0. The summed E-state index contributed by atoms with van der Waals surface area (Å²) in [5.41, 5.74) is 1.55. The molecule has 7 nitrogen and oxygen atoms in total. The van der Waals surface area contributed by atoms with Gasteiger partial charge in [0.15, 0.2) is 24.2 Å². The molecule has 0 bridgehead atoms. The van der Waals surface area contributed by atoms with Gasteiger partial charge in [-0.15, -0.1) is 0 Å². The van der Waals surface area contributed by atoms with Crippen molar-refractivity contribution in [2.24, 2.45) is 0 Å². The van der Waals surface area contributed by atoms with Gasteiger partial charge in [0.25, 0.3) is 5.91 Å². The molecule has 1 aliphatic rings. The van der Waals surface area contributed by atoms with Crippen LogP contribution in [0, 0.1) is 6.92 Å². The molecule has 0 unspecified atom stereocenters. The molecular formula is C20H21NO6. The van der Waals surface area contributed by atoms with Gasteiger partial charge in [0, 0.05) is 11.8 Å². The third-order valence-corrected chi connectivity index (χ3v) is 3.81. The van der Waals surface area contributed by atoms with E-state index in [0.717, 1.165) is 5.56 Å². The van der Waals surface area contributed by atoms with E-state index in [2.05, 4.69) is 5.32 Å². The molecule has 1 aliphatic heterocycles. The van der Waals surface area contributed by atoms with E-state index >= 15 is 0 Å². The van der Waals surface area contributed by atoms with E-state index in [0.29, 0.717) is 36.1 Å². The topological polar surface area (TPSA) is 83.1 Å². The average Bonchev–Trinajstić information content (AvgIpc) is 2.66. The lowest BCUT2D eigenvalue weighted by atomic mass is 10.2. The summed E-state index contributed by atoms with van der Waals surface area (Å²) in [4.78, 5) is 24.0. The minimum atomic E-state index is -0.825. The standard InChI is InChI=1S/C20H21NO6/c1-13-4-3-5-16(10-13)27-14(2)20(23)26-12-19(22)21-15-6-7-17-18(11-15)25-9-8-24-17/h3-7,10-11,14H,8-9,12H2,1-2H3,(H,21,22)/t14-/m0/s1. The molecule has 0 aliphatic carbocycles. The number of esters is 1. The fourth-order valence-electron chi connectivity index (χ4n) is 2.51. The Morgan fingerprint density at radius 2 is 1.89 bits per heavy atom. The lowest BCUT2D eigenvalue weighted by molar-refractivity contribution is -0.153. The second-order valence-electron chi connectivity index (χ2n) is 6.09. The zero-order chi connectivity index (χ0) is 19.2. The monoisotopic (exact) mass is 371 g/mol. The summed E-state index contributed by atoms with van der Waals surface area (Å²) < 4.78 is 21.4. The van der Waals surface area contributed by atoms with Crippen LogP contribution in [-0.2, 0) is 14.3 Å². The van der Waals surface area contributed by atoms with Crippen LogP contribution in [0.25, 0.3) is 0 Å². The van der Waals surface area contributed by atoms with Crippen molar-refractivity contribution in [2.45, 2.75) is 20.0 Å². The summed E-state index contributed by atoms with van der Waals surface area (Å²) in [6.07, 6.45) is -0.825. The highest BCUT2D eigenvalue weighted by Gasteiger charge is 2.18. The third kappa shape index (κ3) is 5.13. The van der Waals surface area contributed by atoms with E-state index < -0.39 is 24.6 Å². The zero-order valence-electron chi connectivity index (χ0n) is 15.2. The number of nitrogens with one attached hydrogen (secondary N) is 1. The molecule has 1 atom stereocenters. The fraction of sp³-hybridized carbons (Fsp3) is 0.300. The van der Waals surface area contributed by atoms with Crippen LogP contribution in [0.15, 0.2) is 42.5 Å². The van der Waals surface area contributed by atoms with Crippen LogP contribution < -0.4 is 19.5 Å². The van der Waals surface area contributed by atoms with E-state index in [1.54, 1.807) is 31.2 Å². The molecule has 0 radical (unpaired) electrons. The molecule has 3 rings (SSSR count). The number of hydrogen-bond donors (Lipinski definition) is 1. The van der Waals surface area contributed by atoms with Gasteiger partial charge in [-0.2, -0.15) is 0 Å². The first-order chi connectivity index (χ1) is 13.0. The second-order valence-corrected chi connectivity index (χ2v) is 6.09.